The zero-order chi connectivity index (χ0) is 13.3. The molecule has 0 heterocycles. The first-order chi connectivity index (χ1) is 7.97. The van der Waals surface area contributed by atoms with Gasteiger partial charge in [-0.25, -0.2) is 0 Å². The number of hydrogen-bond acceptors (Lipinski definition) is 3. The maximum absolute atomic E-state index is 11.7. The van der Waals surface area contributed by atoms with Gasteiger partial charge in [0.2, 0.25) is 5.91 Å². The third kappa shape index (κ3) is 11.2. The van der Waals surface area contributed by atoms with Crippen molar-refractivity contribution in [1.82, 2.24) is 5.32 Å². The van der Waals surface area contributed by atoms with Gasteiger partial charge in [-0.1, -0.05) is 26.7 Å². The molecule has 0 aliphatic rings. The normalized spacial score (nSPS) is 13.9. The molecule has 3 nitrogen and oxygen atoms in total. The maximum Gasteiger partial charge on any atom is 0.237 e. The molecule has 110 valence electrons. The monoisotopic (exact) mass is 296 g/mol. The van der Waals surface area contributed by atoms with Gasteiger partial charge in [-0.05, 0) is 37.7 Å². The summed E-state index contributed by atoms with van der Waals surface area (Å²) in [5.74, 6) is 1.67. The molecule has 18 heavy (non-hydrogen) atoms. The van der Waals surface area contributed by atoms with Gasteiger partial charge in [0.1, 0.15) is 0 Å². The van der Waals surface area contributed by atoms with Crippen LogP contribution in [0.25, 0.3) is 0 Å². The lowest BCUT2D eigenvalue weighted by molar-refractivity contribution is -0.123. The van der Waals surface area contributed by atoms with Crippen LogP contribution in [0, 0.1) is 5.92 Å². The van der Waals surface area contributed by atoms with Crippen LogP contribution < -0.4 is 11.1 Å². The maximum atomic E-state index is 11.7. The quantitative estimate of drug-likeness (QED) is 0.688. The van der Waals surface area contributed by atoms with E-state index in [4.69, 9.17) is 5.73 Å². The number of carbonyl (C=O) groups excluding carboxylic acids is 1. The van der Waals surface area contributed by atoms with Crippen molar-refractivity contribution < 1.29 is 4.79 Å². The Morgan fingerprint density at radius 1 is 1.22 bits per heavy atom. The third-order valence-electron chi connectivity index (χ3n) is 2.78. The topological polar surface area (TPSA) is 55.1 Å². The molecule has 0 aromatic rings. The number of hydrogen-bond donors (Lipinski definition) is 2. The lowest BCUT2D eigenvalue weighted by atomic mass is 10.0. The SMILES string of the molecule is CSCC[C@H](N)C(=O)NC(C)CCCC(C)C.Cl. The van der Waals surface area contributed by atoms with E-state index in [1.807, 2.05) is 6.26 Å². The second kappa shape index (κ2) is 12.1. The Balaban J connectivity index is 0. The van der Waals surface area contributed by atoms with Crippen molar-refractivity contribution in [3.63, 3.8) is 0 Å². The van der Waals surface area contributed by atoms with Gasteiger partial charge in [-0.15, -0.1) is 12.4 Å². The van der Waals surface area contributed by atoms with Crippen molar-refractivity contribution in [3.8, 4) is 0 Å². The summed E-state index contributed by atoms with van der Waals surface area (Å²) in [5, 5.41) is 2.99. The lowest BCUT2D eigenvalue weighted by Crippen LogP contribution is -2.44. The summed E-state index contributed by atoms with van der Waals surface area (Å²) in [7, 11) is 0. The minimum Gasteiger partial charge on any atom is -0.352 e. The Labute approximate surface area is 122 Å². The average molecular weight is 297 g/mol. The molecule has 0 saturated carbocycles. The molecular formula is C13H29ClN2OS. The standard InChI is InChI=1S/C13H28N2OS.ClH/c1-10(2)6-5-7-11(3)15-13(16)12(14)8-9-17-4;/h10-12H,5-9,14H2,1-4H3,(H,15,16);1H/t11?,12-;/m0./s1. The first kappa shape index (κ1) is 20.4. The predicted molar refractivity (Wildman–Crippen MR) is 84.5 cm³/mol. The molecule has 1 unspecified atom stereocenters. The van der Waals surface area contributed by atoms with Crippen LogP contribution in [-0.2, 0) is 4.79 Å². The molecule has 0 bridgehead atoms. The summed E-state index contributed by atoms with van der Waals surface area (Å²) >= 11 is 1.72. The Bertz CT molecular complexity index is 215. The summed E-state index contributed by atoms with van der Waals surface area (Å²) in [6.45, 7) is 6.50. The van der Waals surface area contributed by atoms with Gasteiger partial charge in [0.05, 0.1) is 6.04 Å². The third-order valence-corrected chi connectivity index (χ3v) is 3.42. The highest BCUT2D eigenvalue weighted by Crippen LogP contribution is 2.08. The van der Waals surface area contributed by atoms with Crippen LogP contribution in [0.1, 0.15) is 46.5 Å². The van der Waals surface area contributed by atoms with Gasteiger partial charge >= 0.3 is 0 Å². The highest BCUT2D eigenvalue weighted by atomic mass is 35.5. The highest BCUT2D eigenvalue weighted by Gasteiger charge is 2.14. The molecular weight excluding hydrogens is 268 g/mol. The fourth-order valence-electron chi connectivity index (χ4n) is 1.63. The predicted octanol–water partition coefficient (Wildman–Crippen LogP) is 2.82. The van der Waals surface area contributed by atoms with E-state index in [0.717, 1.165) is 24.5 Å². The number of nitrogens with one attached hydrogen (secondary N) is 1. The second-order valence-electron chi connectivity index (χ2n) is 5.12. The second-order valence-corrected chi connectivity index (χ2v) is 6.11. The van der Waals surface area contributed by atoms with Gasteiger partial charge in [0, 0.05) is 6.04 Å². The Morgan fingerprint density at radius 2 is 1.83 bits per heavy atom. The van der Waals surface area contributed by atoms with E-state index in [9.17, 15) is 4.79 Å². The summed E-state index contributed by atoms with van der Waals surface area (Å²) < 4.78 is 0. The molecule has 0 saturated heterocycles. The fraction of sp³-hybridized carbons (Fsp3) is 0.923. The van der Waals surface area contributed by atoms with Crippen molar-refractivity contribution in [2.45, 2.75) is 58.5 Å². The van der Waals surface area contributed by atoms with Crippen molar-refractivity contribution in [2.75, 3.05) is 12.0 Å². The van der Waals surface area contributed by atoms with E-state index in [2.05, 4.69) is 26.1 Å². The Kier molecular flexibility index (Phi) is 13.7. The smallest absolute Gasteiger partial charge is 0.237 e. The summed E-state index contributed by atoms with van der Waals surface area (Å²) in [6.07, 6.45) is 6.21. The van der Waals surface area contributed by atoms with Crippen LogP contribution in [0.4, 0.5) is 0 Å². The van der Waals surface area contributed by atoms with Crippen LogP contribution in [0.15, 0.2) is 0 Å². The van der Waals surface area contributed by atoms with E-state index in [1.54, 1.807) is 11.8 Å². The molecule has 0 aliphatic carbocycles. The molecule has 0 aliphatic heterocycles. The minimum atomic E-state index is -0.352. The number of halogens is 1. The molecule has 0 radical (unpaired) electrons. The van der Waals surface area contributed by atoms with E-state index < -0.39 is 0 Å². The van der Waals surface area contributed by atoms with Gasteiger partial charge < -0.3 is 11.1 Å². The van der Waals surface area contributed by atoms with E-state index in [1.165, 1.54) is 12.8 Å². The zero-order valence-corrected chi connectivity index (χ0v) is 13.7. The van der Waals surface area contributed by atoms with Crippen molar-refractivity contribution in [3.05, 3.63) is 0 Å². The van der Waals surface area contributed by atoms with Crippen LogP contribution in [0.5, 0.6) is 0 Å². The highest BCUT2D eigenvalue weighted by molar-refractivity contribution is 7.98. The van der Waals surface area contributed by atoms with E-state index in [-0.39, 0.29) is 30.4 Å². The van der Waals surface area contributed by atoms with Crippen molar-refractivity contribution in [1.29, 1.82) is 0 Å². The van der Waals surface area contributed by atoms with Crippen LogP contribution in [0.2, 0.25) is 0 Å². The molecule has 0 spiro atoms. The van der Waals surface area contributed by atoms with Gasteiger partial charge in [-0.3, -0.25) is 4.79 Å². The number of nitrogens with two attached hydrogens (primary N) is 1. The summed E-state index contributed by atoms with van der Waals surface area (Å²) in [6, 6.07) is -0.114. The molecule has 5 heteroatoms. The zero-order valence-electron chi connectivity index (χ0n) is 12.1. The number of amides is 1. The number of rotatable bonds is 9. The van der Waals surface area contributed by atoms with Crippen LogP contribution >= 0.6 is 24.2 Å². The minimum absolute atomic E-state index is 0. The lowest BCUT2D eigenvalue weighted by Gasteiger charge is -2.17. The van der Waals surface area contributed by atoms with Crippen molar-refractivity contribution >= 4 is 30.1 Å². The summed E-state index contributed by atoms with van der Waals surface area (Å²) in [4.78, 5) is 11.7. The fourth-order valence-corrected chi connectivity index (χ4v) is 2.12. The number of thioether (sulfide) groups is 1. The first-order valence-corrected chi connectivity index (χ1v) is 7.91. The Hall–Kier alpha value is 0.0700. The molecule has 0 aromatic heterocycles. The average Bonchev–Trinajstić information content (AvgIpc) is 2.25. The van der Waals surface area contributed by atoms with E-state index in [0.29, 0.717) is 0 Å². The molecule has 0 aromatic carbocycles. The first-order valence-electron chi connectivity index (χ1n) is 6.52. The Morgan fingerprint density at radius 3 is 2.33 bits per heavy atom. The molecule has 0 fully saturated rings. The molecule has 1 amide bonds. The van der Waals surface area contributed by atoms with Crippen molar-refractivity contribution in [2.24, 2.45) is 11.7 Å². The molecule has 2 atom stereocenters. The number of carbonyl (C=O) groups is 1. The summed E-state index contributed by atoms with van der Waals surface area (Å²) in [5.41, 5.74) is 5.80. The molecule has 0 rings (SSSR count). The van der Waals surface area contributed by atoms with Gasteiger partial charge in [0.15, 0.2) is 0 Å². The van der Waals surface area contributed by atoms with Gasteiger partial charge in [0.25, 0.3) is 0 Å². The van der Waals surface area contributed by atoms with Crippen LogP contribution in [-0.4, -0.2) is 30.0 Å². The van der Waals surface area contributed by atoms with Gasteiger partial charge in [-0.2, -0.15) is 11.8 Å². The van der Waals surface area contributed by atoms with Crippen LogP contribution in [0.3, 0.4) is 0 Å². The van der Waals surface area contributed by atoms with E-state index >= 15 is 0 Å². The largest absolute Gasteiger partial charge is 0.352 e. The molecule has 3 N–H and O–H groups in total.